The van der Waals surface area contributed by atoms with Gasteiger partial charge in [0.2, 0.25) is 0 Å². The van der Waals surface area contributed by atoms with Crippen LogP contribution in [0.3, 0.4) is 0 Å². The minimum atomic E-state index is -0.166. The van der Waals surface area contributed by atoms with Crippen LogP contribution < -0.4 is 5.32 Å². The second-order valence-corrected chi connectivity index (χ2v) is 6.74. The summed E-state index contributed by atoms with van der Waals surface area (Å²) in [7, 11) is 0. The molecule has 2 N–H and O–H groups in total. The van der Waals surface area contributed by atoms with E-state index in [9.17, 15) is 5.11 Å². The molecule has 0 radical (unpaired) electrons. The Morgan fingerprint density at radius 1 is 0.864 bits per heavy atom. The van der Waals surface area contributed by atoms with Crippen LogP contribution in [0.1, 0.15) is 24.0 Å². The molecule has 0 unspecified atom stereocenters. The van der Waals surface area contributed by atoms with Crippen molar-refractivity contribution in [2.24, 2.45) is 11.8 Å². The zero-order valence-electron chi connectivity index (χ0n) is 12.8. The summed E-state index contributed by atoms with van der Waals surface area (Å²) in [4.78, 5) is 0. The number of rotatable bonds is 2. The van der Waals surface area contributed by atoms with E-state index in [1.807, 2.05) is 0 Å². The lowest BCUT2D eigenvalue weighted by atomic mass is 9.56. The third kappa shape index (κ3) is 2.02. The van der Waals surface area contributed by atoms with Gasteiger partial charge in [0.05, 0.1) is 6.10 Å². The second-order valence-electron chi connectivity index (χ2n) is 6.74. The highest BCUT2D eigenvalue weighted by Crippen LogP contribution is 2.51. The lowest BCUT2D eigenvalue weighted by molar-refractivity contribution is 0.0238. The molecule has 4 rings (SSSR count). The van der Waals surface area contributed by atoms with Gasteiger partial charge < -0.3 is 10.4 Å². The maximum absolute atomic E-state index is 10.5. The molecule has 2 aliphatic rings. The number of hydrogen-bond acceptors (Lipinski definition) is 2. The van der Waals surface area contributed by atoms with Crippen LogP contribution in [0.2, 0.25) is 0 Å². The lowest BCUT2D eigenvalue weighted by Gasteiger charge is -2.48. The average molecular weight is 293 g/mol. The van der Waals surface area contributed by atoms with Crippen LogP contribution in [0.25, 0.3) is 0 Å². The van der Waals surface area contributed by atoms with Gasteiger partial charge in [-0.3, -0.25) is 0 Å². The van der Waals surface area contributed by atoms with E-state index in [0.717, 1.165) is 25.9 Å². The summed E-state index contributed by atoms with van der Waals surface area (Å²) >= 11 is 0. The minimum absolute atomic E-state index is 0.0237. The molecule has 2 nitrogen and oxygen atoms in total. The van der Waals surface area contributed by atoms with Gasteiger partial charge in [0.1, 0.15) is 0 Å². The fourth-order valence-electron chi connectivity index (χ4n) is 4.77. The van der Waals surface area contributed by atoms with Crippen LogP contribution >= 0.6 is 0 Å². The van der Waals surface area contributed by atoms with Crippen LogP contribution in [0.15, 0.2) is 60.7 Å². The van der Waals surface area contributed by atoms with E-state index in [1.54, 1.807) is 0 Å². The summed E-state index contributed by atoms with van der Waals surface area (Å²) in [5, 5.41) is 14.0. The van der Waals surface area contributed by atoms with Crippen molar-refractivity contribution in [2.45, 2.75) is 24.4 Å². The summed E-state index contributed by atoms with van der Waals surface area (Å²) in [6.45, 7) is 1.93. The summed E-state index contributed by atoms with van der Waals surface area (Å²) in [5.41, 5.74) is 2.81. The first-order valence-corrected chi connectivity index (χ1v) is 8.32. The third-order valence-electron chi connectivity index (χ3n) is 5.80. The van der Waals surface area contributed by atoms with Gasteiger partial charge in [0.15, 0.2) is 0 Å². The molecule has 1 saturated carbocycles. The Morgan fingerprint density at radius 3 is 2.05 bits per heavy atom. The first-order valence-electron chi connectivity index (χ1n) is 8.32. The molecule has 1 aliphatic heterocycles. The fourth-order valence-corrected chi connectivity index (χ4v) is 4.77. The Hall–Kier alpha value is -1.64. The van der Waals surface area contributed by atoms with Crippen molar-refractivity contribution in [1.82, 2.24) is 5.32 Å². The van der Waals surface area contributed by atoms with Gasteiger partial charge in [-0.2, -0.15) is 0 Å². The van der Waals surface area contributed by atoms with Crippen molar-refractivity contribution in [3.05, 3.63) is 71.8 Å². The summed E-state index contributed by atoms with van der Waals surface area (Å²) in [6, 6.07) is 21.8. The smallest absolute Gasteiger partial charge is 0.0584 e. The Bertz CT molecular complexity index is 585. The summed E-state index contributed by atoms with van der Waals surface area (Å²) in [6.07, 6.45) is 1.73. The maximum atomic E-state index is 10.5. The van der Waals surface area contributed by atoms with E-state index in [4.69, 9.17) is 0 Å². The van der Waals surface area contributed by atoms with Crippen molar-refractivity contribution in [2.75, 3.05) is 13.1 Å². The van der Waals surface area contributed by atoms with Gasteiger partial charge in [-0.1, -0.05) is 60.7 Å². The van der Waals surface area contributed by atoms with Crippen LogP contribution in [0, 0.1) is 11.8 Å². The number of aliphatic hydroxyl groups is 1. The molecule has 1 saturated heterocycles. The third-order valence-corrected chi connectivity index (χ3v) is 5.80. The Kier molecular flexibility index (Phi) is 3.51. The standard InChI is InChI=1S/C20H23NO/c22-19-11-12-20(15-7-3-1-4-8-15,16-9-5-2-6-10-16)18-14-21-13-17(18)19/h1-10,17-19,21-22H,11-14H2/t17-,18+,19+/m1/s1. The van der Waals surface area contributed by atoms with E-state index >= 15 is 0 Å². The van der Waals surface area contributed by atoms with Crippen molar-refractivity contribution in [3.8, 4) is 0 Å². The Labute approximate surface area is 132 Å². The monoisotopic (exact) mass is 293 g/mol. The molecule has 2 aromatic carbocycles. The highest BCUT2D eigenvalue weighted by Gasteiger charge is 2.52. The minimum Gasteiger partial charge on any atom is -0.393 e. The first kappa shape index (κ1) is 14.0. The van der Waals surface area contributed by atoms with Crippen molar-refractivity contribution >= 4 is 0 Å². The zero-order valence-corrected chi connectivity index (χ0v) is 12.8. The fraction of sp³-hybridized carbons (Fsp3) is 0.400. The van der Waals surface area contributed by atoms with E-state index in [-0.39, 0.29) is 11.5 Å². The number of hydrogen-bond donors (Lipinski definition) is 2. The molecule has 0 aromatic heterocycles. The number of fused-ring (bicyclic) bond motifs is 1. The van der Waals surface area contributed by atoms with Gasteiger partial charge in [0.25, 0.3) is 0 Å². The normalized spacial score (nSPS) is 30.0. The largest absolute Gasteiger partial charge is 0.393 e. The molecule has 2 heteroatoms. The number of nitrogens with one attached hydrogen (secondary N) is 1. The molecule has 2 aromatic rings. The molecule has 114 valence electrons. The van der Waals surface area contributed by atoms with Gasteiger partial charge >= 0.3 is 0 Å². The van der Waals surface area contributed by atoms with Crippen LogP contribution in [0.4, 0.5) is 0 Å². The van der Waals surface area contributed by atoms with Crippen molar-refractivity contribution < 1.29 is 5.11 Å². The molecular weight excluding hydrogens is 270 g/mol. The molecule has 0 spiro atoms. The second kappa shape index (κ2) is 5.53. The number of benzene rings is 2. The Morgan fingerprint density at radius 2 is 1.45 bits per heavy atom. The van der Waals surface area contributed by atoms with E-state index in [0.29, 0.717) is 11.8 Å². The topological polar surface area (TPSA) is 32.3 Å². The highest BCUT2D eigenvalue weighted by molar-refractivity contribution is 5.42. The van der Waals surface area contributed by atoms with Crippen LogP contribution in [-0.4, -0.2) is 24.3 Å². The predicted octanol–water partition coefficient (Wildman–Crippen LogP) is 2.96. The van der Waals surface area contributed by atoms with Gasteiger partial charge in [-0.15, -0.1) is 0 Å². The quantitative estimate of drug-likeness (QED) is 0.892. The van der Waals surface area contributed by atoms with E-state index in [1.165, 1.54) is 11.1 Å². The van der Waals surface area contributed by atoms with E-state index in [2.05, 4.69) is 66.0 Å². The van der Waals surface area contributed by atoms with Crippen LogP contribution in [-0.2, 0) is 5.41 Å². The van der Waals surface area contributed by atoms with Gasteiger partial charge in [0, 0.05) is 17.9 Å². The van der Waals surface area contributed by atoms with Crippen molar-refractivity contribution in [3.63, 3.8) is 0 Å². The summed E-state index contributed by atoms with van der Waals surface area (Å²) < 4.78 is 0. The molecule has 1 heterocycles. The SMILES string of the molecule is O[C@H]1CCC(c2ccccc2)(c2ccccc2)[C@H]2CNC[C@@H]12. The Balaban J connectivity index is 1.90. The molecule has 2 fully saturated rings. The molecule has 3 atom stereocenters. The summed E-state index contributed by atoms with van der Waals surface area (Å²) in [5.74, 6) is 0.815. The molecule has 22 heavy (non-hydrogen) atoms. The number of aliphatic hydroxyl groups excluding tert-OH is 1. The maximum Gasteiger partial charge on any atom is 0.0584 e. The van der Waals surface area contributed by atoms with Crippen LogP contribution in [0.5, 0.6) is 0 Å². The van der Waals surface area contributed by atoms with E-state index < -0.39 is 0 Å². The highest BCUT2D eigenvalue weighted by atomic mass is 16.3. The molecule has 1 aliphatic carbocycles. The van der Waals surface area contributed by atoms with Gasteiger partial charge in [-0.25, -0.2) is 0 Å². The van der Waals surface area contributed by atoms with Crippen molar-refractivity contribution in [1.29, 1.82) is 0 Å². The average Bonchev–Trinajstić information content (AvgIpc) is 3.08. The molecule has 0 bridgehead atoms. The van der Waals surface area contributed by atoms with Gasteiger partial charge in [-0.05, 0) is 36.4 Å². The lowest BCUT2D eigenvalue weighted by Crippen LogP contribution is -2.48. The zero-order chi connectivity index (χ0) is 15.0. The molecule has 0 amide bonds. The first-order chi connectivity index (χ1) is 10.8. The molecular formula is C20H23NO. The predicted molar refractivity (Wildman–Crippen MR) is 88.8 cm³/mol.